The zero-order valence-corrected chi connectivity index (χ0v) is 13.9. The van der Waals surface area contributed by atoms with Gasteiger partial charge in [-0.25, -0.2) is 0 Å². The number of ether oxygens (including phenoxy) is 1. The SMILES string of the molecule is COC(CN)CC(=O)NCC1CCN(CCC(C)C)CC1. The summed E-state index contributed by atoms with van der Waals surface area (Å²) in [5, 5.41) is 3.02. The fourth-order valence-corrected chi connectivity index (χ4v) is 2.65. The van der Waals surface area contributed by atoms with E-state index in [-0.39, 0.29) is 12.0 Å². The van der Waals surface area contributed by atoms with Crippen molar-refractivity contribution in [2.75, 3.05) is 39.8 Å². The number of nitrogens with zero attached hydrogens (tertiary/aromatic N) is 1. The lowest BCUT2D eigenvalue weighted by Crippen LogP contribution is -2.40. The van der Waals surface area contributed by atoms with Gasteiger partial charge in [0.25, 0.3) is 0 Å². The topological polar surface area (TPSA) is 67.6 Å². The molecule has 1 saturated heterocycles. The number of hydrogen-bond acceptors (Lipinski definition) is 4. The highest BCUT2D eigenvalue weighted by Gasteiger charge is 2.20. The zero-order valence-electron chi connectivity index (χ0n) is 13.9. The van der Waals surface area contributed by atoms with Gasteiger partial charge in [0, 0.05) is 20.2 Å². The number of carbonyl (C=O) groups excluding carboxylic acids is 1. The van der Waals surface area contributed by atoms with Gasteiger partial charge in [0.15, 0.2) is 0 Å². The highest BCUT2D eigenvalue weighted by atomic mass is 16.5. The molecule has 5 nitrogen and oxygen atoms in total. The van der Waals surface area contributed by atoms with Crippen molar-refractivity contribution in [1.82, 2.24) is 10.2 Å². The molecule has 1 amide bonds. The minimum atomic E-state index is -0.164. The Hall–Kier alpha value is -0.650. The number of methoxy groups -OCH3 is 1. The Morgan fingerprint density at radius 2 is 2.05 bits per heavy atom. The first-order valence-corrected chi connectivity index (χ1v) is 8.27. The summed E-state index contributed by atoms with van der Waals surface area (Å²) in [6, 6.07) is 0. The molecule has 21 heavy (non-hydrogen) atoms. The highest BCUT2D eigenvalue weighted by Crippen LogP contribution is 2.17. The Bertz CT molecular complexity index is 285. The third kappa shape index (κ3) is 7.79. The number of likely N-dealkylation sites (tertiary alicyclic amines) is 1. The van der Waals surface area contributed by atoms with E-state index in [9.17, 15) is 4.79 Å². The van der Waals surface area contributed by atoms with Crippen molar-refractivity contribution in [3.8, 4) is 0 Å². The smallest absolute Gasteiger partial charge is 0.222 e. The van der Waals surface area contributed by atoms with E-state index in [2.05, 4.69) is 24.1 Å². The van der Waals surface area contributed by atoms with E-state index in [0.717, 1.165) is 25.6 Å². The van der Waals surface area contributed by atoms with E-state index >= 15 is 0 Å². The van der Waals surface area contributed by atoms with Gasteiger partial charge >= 0.3 is 0 Å². The number of hydrogen-bond donors (Lipinski definition) is 2. The molecule has 124 valence electrons. The van der Waals surface area contributed by atoms with E-state index < -0.39 is 0 Å². The molecule has 0 aromatic heterocycles. The van der Waals surface area contributed by atoms with Gasteiger partial charge in [-0.15, -0.1) is 0 Å². The number of carbonyl (C=O) groups is 1. The van der Waals surface area contributed by atoms with Crippen molar-refractivity contribution < 1.29 is 9.53 Å². The second-order valence-corrected chi connectivity index (χ2v) is 6.57. The molecule has 0 spiro atoms. The van der Waals surface area contributed by atoms with E-state index in [4.69, 9.17) is 10.5 Å². The van der Waals surface area contributed by atoms with Crippen LogP contribution >= 0.6 is 0 Å². The number of piperidine rings is 1. The molecular formula is C16H33N3O2. The lowest BCUT2D eigenvalue weighted by molar-refractivity contribution is -0.123. The van der Waals surface area contributed by atoms with Crippen LogP contribution in [0.5, 0.6) is 0 Å². The molecule has 0 aromatic rings. The maximum absolute atomic E-state index is 11.8. The molecule has 1 unspecified atom stereocenters. The first-order valence-electron chi connectivity index (χ1n) is 8.27. The van der Waals surface area contributed by atoms with Crippen LogP contribution in [-0.2, 0) is 9.53 Å². The predicted molar refractivity (Wildman–Crippen MR) is 86.1 cm³/mol. The third-order valence-electron chi connectivity index (χ3n) is 4.33. The number of nitrogens with one attached hydrogen (secondary N) is 1. The van der Waals surface area contributed by atoms with Gasteiger partial charge in [-0.05, 0) is 50.7 Å². The molecule has 1 atom stereocenters. The van der Waals surface area contributed by atoms with Crippen molar-refractivity contribution in [3.63, 3.8) is 0 Å². The third-order valence-corrected chi connectivity index (χ3v) is 4.33. The number of nitrogens with two attached hydrogens (primary N) is 1. The van der Waals surface area contributed by atoms with Crippen LogP contribution in [0, 0.1) is 11.8 Å². The standard InChI is InChI=1S/C16H33N3O2/c1-13(2)4-7-19-8-5-14(6-9-19)12-18-16(20)10-15(11-17)21-3/h13-15H,4-12,17H2,1-3H3,(H,18,20). The lowest BCUT2D eigenvalue weighted by Gasteiger charge is -2.32. The second kappa shape index (κ2) is 10.1. The summed E-state index contributed by atoms with van der Waals surface area (Å²) >= 11 is 0. The van der Waals surface area contributed by atoms with Crippen LogP contribution < -0.4 is 11.1 Å². The van der Waals surface area contributed by atoms with Gasteiger partial charge in [0.05, 0.1) is 12.5 Å². The van der Waals surface area contributed by atoms with Gasteiger partial charge in [0.1, 0.15) is 0 Å². The fourth-order valence-electron chi connectivity index (χ4n) is 2.65. The number of rotatable bonds is 9. The van der Waals surface area contributed by atoms with Gasteiger partial charge < -0.3 is 20.7 Å². The van der Waals surface area contributed by atoms with E-state index in [1.807, 2.05) is 0 Å². The van der Waals surface area contributed by atoms with Crippen molar-refractivity contribution >= 4 is 5.91 Å². The van der Waals surface area contributed by atoms with Crippen LogP contribution in [0.25, 0.3) is 0 Å². The fraction of sp³-hybridized carbons (Fsp3) is 0.938. The first-order chi connectivity index (χ1) is 10.0. The summed E-state index contributed by atoms with van der Waals surface area (Å²) in [6.07, 6.45) is 3.84. The Morgan fingerprint density at radius 3 is 2.57 bits per heavy atom. The average molecular weight is 299 g/mol. The maximum Gasteiger partial charge on any atom is 0.222 e. The molecule has 1 aliphatic rings. The molecule has 0 radical (unpaired) electrons. The van der Waals surface area contributed by atoms with Crippen LogP contribution in [-0.4, -0.2) is 56.7 Å². The summed E-state index contributed by atoms with van der Waals surface area (Å²) in [6.45, 7) is 9.26. The Labute approximate surface area is 129 Å². The largest absolute Gasteiger partial charge is 0.380 e. The molecule has 5 heteroatoms. The van der Waals surface area contributed by atoms with Crippen LogP contribution in [0.1, 0.15) is 39.5 Å². The summed E-state index contributed by atoms with van der Waals surface area (Å²) < 4.78 is 5.13. The average Bonchev–Trinajstić information content (AvgIpc) is 2.49. The first kappa shape index (κ1) is 18.4. The summed E-state index contributed by atoms with van der Waals surface area (Å²) in [5.41, 5.74) is 5.52. The quantitative estimate of drug-likeness (QED) is 0.672. The molecule has 3 N–H and O–H groups in total. The van der Waals surface area contributed by atoms with E-state index in [1.165, 1.54) is 25.8 Å². The molecule has 0 bridgehead atoms. The molecule has 1 fully saturated rings. The number of amides is 1. The van der Waals surface area contributed by atoms with Crippen LogP contribution in [0.4, 0.5) is 0 Å². The highest BCUT2D eigenvalue weighted by molar-refractivity contribution is 5.76. The Balaban J connectivity index is 2.13. The predicted octanol–water partition coefficient (Wildman–Crippen LogP) is 1.22. The lowest BCUT2D eigenvalue weighted by atomic mass is 9.96. The van der Waals surface area contributed by atoms with Crippen molar-refractivity contribution in [1.29, 1.82) is 0 Å². The molecule has 1 rings (SSSR count). The molecule has 1 heterocycles. The monoisotopic (exact) mass is 299 g/mol. The summed E-state index contributed by atoms with van der Waals surface area (Å²) in [4.78, 5) is 14.3. The van der Waals surface area contributed by atoms with Gasteiger partial charge in [-0.1, -0.05) is 13.8 Å². The summed E-state index contributed by atoms with van der Waals surface area (Å²) in [5.74, 6) is 1.44. The van der Waals surface area contributed by atoms with E-state index in [1.54, 1.807) is 7.11 Å². The summed E-state index contributed by atoms with van der Waals surface area (Å²) in [7, 11) is 1.59. The van der Waals surface area contributed by atoms with Gasteiger partial charge in [0.2, 0.25) is 5.91 Å². The molecule has 0 saturated carbocycles. The zero-order chi connectivity index (χ0) is 15.7. The second-order valence-electron chi connectivity index (χ2n) is 6.57. The van der Waals surface area contributed by atoms with Crippen molar-refractivity contribution in [2.24, 2.45) is 17.6 Å². The van der Waals surface area contributed by atoms with Gasteiger partial charge in [-0.3, -0.25) is 4.79 Å². The van der Waals surface area contributed by atoms with E-state index in [0.29, 0.717) is 18.9 Å². The Kier molecular flexibility index (Phi) is 8.88. The van der Waals surface area contributed by atoms with Gasteiger partial charge in [-0.2, -0.15) is 0 Å². The van der Waals surface area contributed by atoms with Crippen molar-refractivity contribution in [2.45, 2.75) is 45.6 Å². The van der Waals surface area contributed by atoms with Crippen LogP contribution in [0.15, 0.2) is 0 Å². The Morgan fingerprint density at radius 1 is 1.38 bits per heavy atom. The molecule has 1 aliphatic heterocycles. The van der Waals surface area contributed by atoms with Crippen LogP contribution in [0.3, 0.4) is 0 Å². The molecule has 0 aliphatic carbocycles. The molecule has 0 aromatic carbocycles. The minimum absolute atomic E-state index is 0.0505. The normalized spacial score (nSPS) is 18.9. The van der Waals surface area contributed by atoms with Crippen molar-refractivity contribution in [3.05, 3.63) is 0 Å². The maximum atomic E-state index is 11.8. The van der Waals surface area contributed by atoms with Crippen LogP contribution in [0.2, 0.25) is 0 Å². The molecular weight excluding hydrogens is 266 g/mol. The minimum Gasteiger partial charge on any atom is -0.380 e.